The molecule has 9 heteroatoms. The lowest BCUT2D eigenvalue weighted by Crippen LogP contribution is -2.29. The lowest BCUT2D eigenvalue weighted by molar-refractivity contribution is -0.161. The topological polar surface area (TPSA) is 119 Å². The van der Waals surface area contributed by atoms with E-state index in [0.717, 1.165) is 89.9 Å². The van der Waals surface area contributed by atoms with Gasteiger partial charge in [0.25, 0.3) is 0 Å². The first-order chi connectivity index (χ1) is 22.3. The largest absolute Gasteiger partial charge is 0.469 e. The fourth-order valence-corrected chi connectivity index (χ4v) is 4.76. The Morgan fingerprint density at radius 3 is 1.59 bits per heavy atom. The highest BCUT2D eigenvalue weighted by Gasteiger charge is 2.22. The fourth-order valence-electron chi connectivity index (χ4n) is 4.40. The summed E-state index contributed by atoms with van der Waals surface area (Å²) >= 11 is 0. The molecule has 8 nitrogen and oxygen atoms in total. The number of phosphoric acid groups is 1. The monoisotopic (exact) mass is 666 g/mol. The summed E-state index contributed by atoms with van der Waals surface area (Å²) in [7, 11) is -4.76. The molecule has 0 bridgehead atoms. The highest BCUT2D eigenvalue weighted by atomic mass is 31.2. The number of carbonyl (C=O) groups is 2. The number of esters is 2. The van der Waals surface area contributed by atoms with Crippen molar-refractivity contribution in [2.24, 2.45) is 0 Å². The molecule has 1 atom stereocenters. The number of hydrogen-bond acceptors (Lipinski definition) is 6. The van der Waals surface area contributed by atoms with Crippen molar-refractivity contribution >= 4 is 19.8 Å². The van der Waals surface area contributed by atoms with Crippen LogP contribution in [0.3, 0.4) is 0 Å². The molecule has 0 unspecified atom stereocenters. The standard InChI is InChI=1S/C37H63O8P/c1-3-5-7-9-11-13-15-16-17-18-19-20-22-24-26-28-30-32-37(39)45-35(34-44-46(40,41)42)33-43-36(38)31-29-27-25-23-21-14-12-10-8-6-4-2/h5,7,10-13,16-17,19-20,35H,3-4,6,8-9,14-15,18,21-34H2,1-2H3,(H2,40,41,42)/b7-5-,12-10-,13-11-,17-16-,20-19-/t35-/m1/s1. The van der Waals surface area contributed by atoms with Gasteiger partial charge in [-0.2, -0.15) is 0 Å². The maximum atomic E-state index is 12.3. The van der Waals surface area contributed by atoms with Crippen molar-refractivity contribution in [1.82, 2.24) is 0 Å². The summed E-state index contributed by atoms with van der Waals surface area (Å²) in [4.78, 5) is 42.6. The Kier molecular flexibility index (Phi) is 31.1. The van der Waals surface area contributed by atoms with Crippen LogP contribution in [0, 0.1) is 0 Å². The Hall–Kier alpha value is -2.25. The number of rotatable bonds is 31. The van der Waals surface area contributed by atoms with Crippen LogP contribution in [0.25, 0.3) is 0 Å². The van der Waals surface area contributed by atoms with Gasteiger partial charge in [-0.05, 0) is 70.6 Å². The molecular formula is C37H63O8P. The van der Waals surface area contributed by atoms with Gasteiger partial charge in [-0.25, -0.2) is 4.57 Å². The summed E-state index contributed by atoms with van der Waals surface area (Å²) in [6.07, 6.45) is 39.4. The smallest absolute Gasteiger partial charge is 0.462 e. The van der Waals surface area contributed by atoms with Crippen molar-refractivity contribution in [2.45, 2.75) is 148 Å². The quantitative estimate of drug-likeness (QED) is 0.0325. The molecule has 0 aliphatic heterocycles. The molecule has 0 aromatic carbocycles. The van der Waals surface area contributed by atoms with Crippen LogP contribution in [-0.2, 0) is 28.2 Å². The predicted molar refractivity (Wildman–Crippen MR) is 188 cm³/mol. The van der Waals surface area contributed by atoms with Crippen molar-refractivity contribution in [3.8, 4) is 0 Å². The van der Waals surface area contributed by atoms with Gasteiger partial charge in [0.1, 0.15) is 6.61 Å². The second-order valence-corrected chi connectivity index (χ2v) is 12.7. The molecule has 0 heterocycles. The van der Waals surface area contributed by atoms with E-state index in [1.807, 2.05) is 0 Å². The van der Waals surface area contributed by atoms with Crippen LogP contribution in [-0.4, -0.2) is 41.0 Å². The first-order valence-electron chi connectivity index (χ1n) is 17.6. The maximum absolute atomic E-state index is 12.3. The predicted octanol–water partition coefficient (Wildman–Crippen LogP) is 10.2. The minimum absolute atomic E-state index is 0.179. The molecule has 0 amide bonds. The highest BCUT2D eigenvalue weighted by Crippen LogP contribution is 2.35. The van der Waals surface area contributed by atoms with E-state index in [2.05, 4.69) is 79.1 Å². The molecule has 0 aromatic heterocycles. The number of ether oxygens (including phenoxy) is 2. The lowest BCUT2D eigenvalue weighted by atomic mass is 10.1. The maximum Gasteiger partial charge on any atom is 0.469 e. The number of carbonyl (C=O) groups excluding carboxylic acids is 2. The molecule has 0 saturated carbocycles. The molecule has 2 N–H and O–H groups in total. The van der Waals surface area contributed by atoms with Crippen LogP contribution < -0.4 is 0 Å². The first-order valence-corrected chi connectivity index (χ1v) is 19.1. The van der Waals surface area contributed by atoms with Crippen LogP contribution in [0.1, 0.15) is 142 Å². The molecule has 0 rings (SSSR count). The summed E-state index contributed by atoms with van der Waals surface area (Å²) in [5, 5.41) is 0. The number of allylic oxidation sites excluding steroid dienone is 10. The van der Waals surface area contributed by atoms with Crippen LogP contribution in [0.2, 0.25) is 0 Å². The zero-order valence-electron chi connectivity index (χ0n) is 28.7. The van der Waals surface area contributed by atoms with E-state index < -0.39 is 32.5 Å². The Labute approximate surface area is 279 Å². The highest BCUT2D eigenvalue weighted by molar-refractivity contribution is 7.46. The Bertz CT molecular complexity index is 932. The molecule has 46 heavy (non-hydrogen) atoms. The van der Waals surface area contributed by atoms with Crippen LogP contribution in [0.5, 0.6) is 0 Å². The van der Waals surface area contributed by atoms with Crippen molar-refractivity contribution in [2.75, 3.05) is 13.2 Å². The zero-order chi connectivity index (χ0) is 34.0. The van der Waals surface area contributed by atoms with Crippen molar-refractivity contribution in [3.05, 3.63) is 60.8 Å². The summed E-state index contributed by atoms with van der Waals surface area (Å²) in [5.74, 6) is -0.932. The lowest BCUT2D eigenvalue weighted by Gasteiger charge is -2.18. The van der Waals surface area contributed by atoms with E-state index in [4.69, 9.17) is 19.3 Å². The molecule has 0 aromatic rings. The second kappa shape index (κ2) is 32.7. The van der Waals surface area contributed by atoms with Gasteiger partial charge in [-0.3, -0.25) is 14.1 Å². The minimum atomic E-state index is -4.76. The second-order valence-electron chi connectivity index (χ2n) is 11.5. The zero-order valence-corrected chi connectivity index (χ0v) is 29.6. The normalized spacial score (nSPS) is 13.2. The fraction of sp³-hybridized carbons (Fsp3) is 0.676. The van der Waals surface area contributed by atoms with E-state index in [1.165, 1.54) is 12.8 Å². The SMILES string of the molecule is CC/C=C\C/C=C\C/C=C\C/C=C\CCCCCCC(=O)O[C@H](COC(=O)CCCCCCC/C=C\CCCC)COP(=O)(O)O. The van der Waals surface area contributed by atoms with Gasteiger partial charge in [-0.1, -0.05) is 120 Å². The van der Waals surface area contributed by atoms with Gasteiger partial charge in [0.2, 0.25) is 0 Å². The van der Waals surface area contributed by atoms with Gasteiger partial charge in [0.15, 0.2) is 6.10 Å². The summed E-state index contributed by atoms with van der Waals surface area (Å²) < 4.78 is 26.2. The molecule has 0 fully saturated rings. The first kappa shape index (κ1) is 43.8. The Balaban J connectivity index is 4.07. The average Bonchev–Trinajstić information content (AvgIpc) is 3.02. The molecular weight excluding hydrogens is 603 g/mol. The van der Waals surface area contributed by atoms with E-state index in [-0.39, 0.29) is 19.4 Å². The summed E-state index contributed by atoms with van der Waals surface area (Å²) in [5.41, 5.74) is 0. The summed E-state index contributed by atoms with van der Waals surface area (Å²) in [6, 6.07) is 0. The molecule has 0 spiro atoms. The van der Waals surface area contributed by atoms with Crippen molar-refractivity contribution in [1.29, 1.82) is 0 Å². The van der Waals surface area contributed by atoms with Gasteiger partial charge in [0, 0.05) is 12.8 Å². The third-order valence-electron chi connectivity index (χ3n) is 7.02. The van der Waals surface area contributed by atoms with Crippen molar-refractivity contribution in [3.63, 3.8) is 0 Å². The van der Waals surface area contributed by atoms with Gasteiger partial charge >= 0.3 is 19.8 Å². The summed E-state index contributed by atoms with van der Waals surface area (Å²) in [6.45, 7) is 3.47. The van der Waals surface area contributed by atoms with Crippen molar-refractivity contribution < 1.29 is 37.9 Å². The molecule has 0 aliphatic rings. The van der Waals surface area contributed by atoms with Gasteiger partial charge in [-0.15, -0.1) is 0 Å². The minimum Gasteiger partial charge on any atom is -0.462 e. The Morgan fingerprint density at radius 2 is 1.04 bits per heavy atom. The third kappa shape index (κ3) is 34.6. The van der Waals surface area contributed by atoms with E-state index in [1.54, 1.807) is 0 Å². The molecule has 0 saturated heterocycles. The molecule has 0 radical (unpaired) electrons. The van der Waals surface area contributed by atoms with Crippen LogP contribution in [0.4, 0.5) is 0 Å². The number of unbranched alkanes of at least 4 members (excludes halogenated alkanes) is 11. The van der Waals surface area contributed by atoms with Gasteiger partial charge in [0.05, 0.1) is 6.61 Å². The van der Waals surface area contributed by atoms with Gasteiger partial charge < -0.3 is 19.3 Å². The van der Waals surface area contributed by atoms with E-state index >= 15 is 0 Å². The molecule has 264 valence electrons. The third-order valence-corrected chi connectivity index (χ3v) is 7.51. The Morgan fingerprint density at radius 1 is 0.587 bits per heavy atom. The van der Waals surface area contributed by atoms with E-state index in [0.29, 0.717) is 12.8 Å². The van der Waals surface area contributed by atoms with Crippen LogP contribution >= 0.6 is 7.82 Å². The average molecular weight is 667 g/mol. The number of hydrogen-bond donors (Lipinski definition) is 2. The van der Waals surface area contributed by atoms with E-state index in [9.17, 15) is 14.2 Å². The molecule has 0 aliphatic carbocycles. The number of phosphoric ester groups is 1. The van der Waals surface area contributed by atoms with Crippen LogP contribution in [0.15, 0.2) is 60.8 Å².